The van der Waals surface area contributed by atoms with Gasteiger partial charge in [-0.1, -0.05) is 27.7 Å². The summed E-state index contributed by atoms with van der Waals surface area (Å²) in [5, 5.41) is 4.90. The van der Waals surface area contributed by atoms with Crippen LogP contribution >= 0.6 is 11.5 Å². The van der Waals surface area contributed by atoms with Crippen molar-refractivity contribution in [2.75, 3.05) is 11.1 Å². The molecule has 0 spiro atoms. The van der Waals surface area contributed by atoms with Gasteiger partial charge < -0.3 is 11.1 Å². The molecule has 17 heavy (non-hydrogen) atoms. The van der Waals surface area contributed by atoms with Crippen LogP contribution in [0.4, 0.5) is 10.8 Å². The molecule has 4 heteroatoms. The fraction of sp³-hybridized carbons (Fsp3) is 0.769. The van der Waals surface area contributed by atoms with Crippen molar-refractivity contribution in [3.05, 3.63) is 5.56 Å². The molecule has 3 N–H and O–H groups in total. The van der Waals surface area contributed by atoms with E-state index in [1.165, 1.54) is 34.9 Å². The SMILES string of the molecule is CC1(C)C(Nc2snc(N)c2C2CC2)C1(C)C. The summed E-state index contributed by atoms with van der Waals surface area (Å²) in [7, 11) is 0. The van der Waals surface area contributed by atoms with Crippen molar-refractivity contribution in [2.24, 2.45) is 10.8 Å². The molecule has 1 aromatic heterocycles. The standard InChI is InChI=1S/C13H21N3S/c1-12(2)11(13(12,3)4)15-10-8(7-5-6-7)9(14)16-17-10/h7,11,15H,5-6H2,1-4H3,(H2,14,16). The first-order valence-corrected chi connectivity index (χ1v) is 7.14. The summed E-state index contributed by atoms with van der Waals surface area (Å²) in [6.07, 6.45) is 2.55. The van der Waals surface area contributed by atoms with Crippen LogP contribution in [0.2, 0.25) is 0 Å². The molecule has 1 aromatic rings. The van der Waals surface area contributed by atoms with E-state index < -0.39 is 0 Å². The molecule has 0 saturated heterocycles. The van der Waals surface area contributed by atoms with Crippen LogP contribution in [0, 0.1) is 10.8 Å². The molecule has 0 amide bonds. The van der Waals surface area contributed by atoms with Crippen LogP contribution in [0.1, 0.15) is 52.0 Å². The highest BCUT2D eigenvalue weighted by Gasteiger charge is 2.65. The Balaban J connectivity index is 1.83. The number of nitrogen functional groups attached to an aromatic ring is 1. The normalized spacial score (nSPS) is 25.9. The van der Waals surface area contributed by atoms with Crippen LogP contribution in [-0.4, -0.2) is 10.4 Å². The monoisotopic (exact) mass is 251 g/mol. The van der Waals surface area contributed by atoms with Crippen molar-refractivity contribution >= 4 is 22.4 Å². The maximum absolute atomic E-state index is 5.97. The molecule has 2 aliphatic rings. The number of hydrogen-bond donors (Lipinski definition) is 2. The first-order valence-electron chi connectivity index (χ1n) is 6.37. The van der Waals surface area contributed by atoms with Gasteiger partial charge in [0, 0.05) is 11.6 Å². The third-order valence-electron chi connectivity index (χ3n) is 5.04. The van der Waals surface area contributed by atoms with E-state index in [0.29, 0.717) is 22.8 Å². The number of nitrogens with zero attached hydrogens (tertiary/aromatic N) is 1. The molecular formula is C13H21N3S. The molecule has 0 aliphatic heterocycles. The molecule has 0 radical (unpaired) electrons. The first kappa shape index (κ1) is 11.3. The summed E-state index contributed by atoms with van der Waals surface area (Å²) < 4.78 is 4.31. The van der Waals surface area contributed by atoms with E-state index in [4.69, 9.17) is 5.73 Å². The lowest BCUT2D eigenvalue weighted by Crippen LogP contribution is -2.10. The lowest BCUT2D eigenvalue weighted by Gasteiger charge is -2.08. The minimum atomic E-state index is 0.354. The zero-order valence-corrected chi connectivity index (χ0v) is 11.8. The summed E-state index contributed by atoms with van der Waals surface area (Å²) in [6, 6.07) is 0.535. The minimum absolute atomic E-state index is 0.354. The molecule has 2 fully saturated rings. The molecule has 0 aromatic carbocycles. The Morgan fingerprint density at radius 3 is 2.29 bits per heavy atom. The molecule has 0 unspecified atom stereocenters. The van der Waals surface area contributed by atoms with Crippen LogP contribution < -0.4 is 11.1 Å². The van der Waals surface area contributed by atoms with Gasteiger partial charge >= 0.3 is 0 Å². The van der Waals surface area contributed by atoms with Gasteiger partial charge in [0.1, 0.15) is 10.8 Å². The summed E-state index contributed by atoms with van der Waals surface area (Å²) in [5.74, 6) is 1.41. The van der Waals surface area contributed by atoms with Gasteiger partial charge in [-0.25, -0.2) is 0 Å². The Morgan fingerprint density at radius 2 is 1.82 bits per heavy atom. The van der Waals surface area contributed by atoms with Crippen molar-refractivity contribution in [1.29, 1.82) is 0 Å². The Bertz CT molecular complexity index is 443. The van der Waals surface area contributed by atoms with E-state index in [2.05, 4.69) is 37.4 Å². The minimum Gasteiger partial charge on any atom is -0.383 e. The fourth-order valence-corrected chi connectivity index (χ4v) is 3.70. The third-order valence-corrected chi connectivity index (χ3v) is 5.85. The van der Waals surface area contributed by atoms with Crippen LogP contribution in [0.15, 0.2) is 0 Å². The Kier molecular flexibility index (Phi) is 2.11. The predicted molar refractivity (Wildman–Crippen MR) is 73.5 cm³/mol. The van der Waals surface area contributed by atoms with Crippen LogP contribution in [0.5, 0.6) is 0 Å². The molecule has 3 rings (SSSR count). The quantitative estimate of drug-likeness (QED) is 0.865. The second-order valence-electron chi connectivity index (χ2n) is 6.61. The second-order valence-corrected chi connectivity index (χ2v) is 7.38. The summed E-state index contributed by atoms with van der Waals surface area (Å²) >= 11 is 1.53. The molecule has 3 nitrogen and oxygen atoms in total. The van der Waals surface area contributed by atoms with Gasteiger partial charge in [-0.05, 0) is 41.1 Å². The summed E-state index contributed by atoms with van der Waals surface area (Å²) in [4.78, 5) is 0. The zero-order chi connectivity index (χ0) is 12.4. The van der Waals surface area contributed by atoms with Gasteiger partial charge in [-0.2, -0.15) is 4.37 Å². The number of anilines is 2. The van der Waals surface area contributed by atoms with Crippen molar-refractivity contribution in [3.63, 3.8) is 0 Å². The molecule has 2 saturated carbocycles. The van der Waals surface area contributed by atoms with Crippen molar-refractivity contribution in [2.45, 2.75) is 52.5 Å². The molecule has 2 aliphatic carbocycles. The first-order chi connectivity index (χ1) is 7.85. The highest BCUT2D eigenvalue weighted by Crippen LogP contribution is 2.64. The van der Waals surface area contributed by atoms with Crippen LogP contribution in [0.25, 0.3) is 0 Å². The van der Waals surface area contributed by atoms with Crippen LogP contribution in [-0.2, 0) is 0 Å². The van der Waals surface area contributed by atoms with E-state index in [-0.39, 0.29) is 0 Å². The summed E-state index contributed by atoms with van der Waals surface area (Å²) in [6.45, 7) is 9.30. The van der Waals surface area contributed by atoms with Crippen LogP contribution in [0.3, 0.4) is 0 Å². The van der Waals surface area contributed by atoms with E-state index in [1.807, 2.05) is 0 Å². The lowest BCUT2D eigenvalue weighted by atomic mass is 10.0. The van der Waals surface area contributed by atoms with E-state index in [9.17, 15) is 0 Å². The number of rotatable bonds is 3. The number of nitrogens with one attached hydrogen (secondary N) is 1. The Hall–Kier alpha value is -0.770. The topological polar surface area (TPSA) is 50.9 Å². The Morgan fingerprint density at radius 1 is 1.24 bits per heavy atom. The number of aromatic nitrogens is 1. The van der Waals surface area contributed by atoms with Gasteiger partial charge in [0.05, 0.1) is 0 Å². The average Bonchev–Trinajstić information content (AvgIpc) is 3.07. The fourth-order valence-electron chi connectivity index (χ4n) is 2.87. The molecule has 0 atom stereocenters. The van der Waals surface area contributed by atoms with E-state index in [1.54, 1.807) is 0 Å². The maximum atomic E-state index is 5.97. The van der Waals surface area contributed by atoms with Crippen molar-refractivity contribution < 1.29 is 0 Å². The highest BCUT2D eigenvalue weighted by atomic mass is 32.1. The predicted octanol–water partition coefficient (Wildman–Crippen LogP) is 3.45. The smallest absolute Gasteiger partial charge is 0.142 e. The average molecular weight is 251 g/mol. The molecule has 94 valence electrons. The Labute approximate surface area is 107 Å². The van der Waals surface area contributed by atoms with Gasteiger partial charge in [0.25, 0.3) is 0 Å². The van der Waals surface area contributed by atoms with Gasteiger partial charge in [-0.15, -0.1) is 0 Å². The lowest BCUT2D eigenvalue weighted by molar-refractivity contribution is 0.457. The molecule has 0 bridgehead atoms. The second kappa shape index (κ2) is 3.16. The van der Waals surface area contributed by atoms with Gasteiger partial charge in [0.2, 0.25) is 0 Å². The largest absolute Gasteiger partial charge is 0.383 e. The van der Waals surface area contributed by atoms with Crippen molar-refractivity contribution in [1.82, 2.24) is 4.37 Å². The third kappa shape index (κ3) is 1.49. The highest BCUT2D eigenvalue weighted by molar-refractivity contribution is 7.10. The van der Waals surface area contributed by atoms with Gasteiger partial charge in [0.15, 0.2) is 0 Å². The van der Waals surface area contributed by atoms with E-state index in [0.717, 1.165) is 5.82 Å². The number of hydrogen-bond acceptors (Lipinski definition) is 4. The molecular weight excluding hydrogens is 230 g/mol. The summed E-state index contributed by atoms with van der Waals surface area (Å²) in [5.41, 5.74) is 7.97. The van der Waals surface area contributed by atoms with Gasteiger partial charge in [-0.3, -0.25) is 0 Å². The van der Waals surface area contributed by atoms with Crippen molar-refractivity contribution in [3.8, 4) is 0 Å². The maximum Gasteiger partial charge on any atom is 0.142 e. The molecule has 1 heterocycles. The zero-order valence-electron chi connectivity index (χ0n) is 11.0. The number of nitrogens with two attached hydrogens (primary N) is 1. The van der Waals surface area contributed by atoms with E-state index >= 15 is 0 Å².